The van der Waals surface area contributed by atoms with Crippen LogP contribution in [0.2, 0.25) is 0 Å². The largest absolute Gasteiger partial charge is 0.468 e. The Morgan fingerprint density at radius 2 is 1.55 bits per heavy atom. The van der Waals surface area contributed by atoms with Gasteiger partial charge in [-0.05, 0) is 87.6 Å². The van der Waals surface area contributed by atoms with Crippen molar-refractivity contribution in [3.8, 4) is 0 Å². The lowest BCUT2D eigenvalue weighted by molar-refractivity contribution is -0.142. The second-order valence-electron chi connectivity index (χ2n) is 9.60. The number of piperidine rings is 2. The Morgan fingerprint density at radius 3 is 2.06 bits per heavy atom. The minimum Gasteiger partial charge on any atom is -0.468 e. The molecule has 2 fully saturated rings. The number of carbonyl (C=O) groups excluding carboxylic acids is 2. The fourth-order valence-corrected chi connectivity index (χ4v) is 5.36. The van der Waals surface area contributed by atoms with Gasteiger partial charge in [0.2, 0.25) is 5.91 Å². The molecule has 2 aliphatic heterocycles. The molecule has 2 heterocycles. The van der Waals surface area contributed by atoms with Gasteiger partial charge in [0, 0.05) is 24.7 Å². The van der Waals surface area contributed by atoms with Gasteiger partial charge in [-0.15, -0.1) is 0 Å². The van der Waals surface area contributed by atoms with Crippen LogP contribution in [0.4, 0.5) is 5.69 Å². The minimum absolute atomic E-state index is 0.0134. The van der Waals surface area contributed by atoms with E-state index in [1.54, 1.807) is 0 Å². The topological polar surface area (TPSA) is 75.9 Å². The molecule has 0 spiro atoms. The second kappa shape index (κ2) is 10.5. The van der Waals surface area contributed by atoms with Gasteiger partial charge in [-0.1, -0.05) is 19.1 Å². The lowest BCUT2D eigenvalue weighted by Gasteiger charge is -2.40. The Morgan fingerprint density at radius 1 is 1.03 bits per heavy atom. The van der Waals surface area contributed by atoms with E-state index >= 15 is 0 Å². The predicted molar refractivity (Wildman–Crippen MR) is 124 cm³/mol. The molecule has 0 saturated carbocycles. The summed E-state index contributed by atoms with van der Waals surface area (Å²) in [6, 6.07) is 4.23. The quantitative estimate of drug-likeness (QED) is 0.555. The maximum Gasteiger partial charge on any atom is 0.319 e. The highest BCUT2D eigenvalue weighted by Crippen LogP contribution is 2.33. The number of nitrogens with two attached hydrogens (primary N) is 1. The molecular weight excluding hydrogens is 390 g/mol. The van der Waals surface area contributed by atoms with E-state index in [1.165, 1.54) is 12.7 Å². The number of hydrogen-bond acceptors (Lipinski definition) is 5. The first-order valence-electron chi connectivity index (χ1n) is 11.7. The number of anilines is 1. The Kier molecular flexibility index (Phi) is 7.98. The van der Waals surface area contributed by atoms with Crippen LogP contribution in [0, 0.1) is 31.6 Å². The van der Waals surface area contributed by atoms with Crippen LogP contribution in [0.1, 0.15) is 49.3 Å². The summed E-state index contributed by atoms with van der Waals surface area (Å²) in [6.45, 7) is 10.2. The zero-order valence-electron chi connectivity index (χ0n) is 19.7. The molecule has 1 atom stereocenters. The van der Waals surface area contributed by atoms with Crippen molar-refractivity contribution in [1.82, 2.24) is 9.80 Å². The van der Waals surface area contributed by atoms with Gasteiger partial charge in [0.15, 0.2) is 0 Å². The van der Waals surface area contributed by atoms with Crippen molar-refractivity contribution in [1.29, 1.82) is 0 Å². The number of nitrogens with zero attached hydrogens (tertiary/aromatic N) is 2. The summed E-state index contributed by atoms with van der Waals surface area (Å²) < 4.78 is 4.78. The van der Waals surface area contributed by atoms with Gasteiger partial charge in [0.1, 0.15) is 0 Å². The Bertz CT molecular complexity index is 755. The fraction of sp³-hybridized carbons (Fsp3) is 0.680. The average molecular weight is 430 g/mol. The molecule has 1 aromatic carbocycles. The predicted octanol–water partition coefficient (Wildman–Crippen LogP) is 3.19. The van der Waals surface area contributed by atoms with Crippen LogP contribution in [-0.4, -0.2) is 61.5 Å². The third-order valence-electron chi connectivity index (χ3n) is 7.35. The lowest BCUT2D eigenvalue weighted by Crippen LogP contribution is -2.45. The SMILES string of the molecule is COC(=O)CN1CCC(C2CCN(C(=O)[C@H](C)Cc3cc(C)c(N)c(C)c3)CC2)CC1. The van der Waals surface area contributed by atoms with Gasteiger partial charge in [0.05, 0.1) is 13.7 Å². The third kappa shape index (κ3) is 6.00. The van der Waals surface area contributed by atoms with Gasteiger partial charge in [-0.2, -0.15) is 0 Å². The van der Waals surface area contributed by atoms with Crippen molar-refractivity contribution in [3.05, 3.63) is 28.8 Å². The number of benzene rings is 1. The Labute approximate surface area is 187 Å². The first kappa shape index (κ1) is 23.6. The smallest absolute Gasteiger partial charge is 0.319 e. The maximum absolute atomic E-state index is 13.0. The summed E-state index contributed by atoms with van der Waals surface area (Å²) in [5, 5.41) is 0. The van der Waals surface area contributed by atoms with Crippen LogP contribution in [-0.2, 0) is 20.7 Å². The number of amides is 1. The van der Waals surface area contributed by atoms with E-state index in [1.807, 2.05) is 20.8 Å². The zero-order chi connectivity index (χ0) is 22.5. The van der Waals surface area contributed by atoms with Crippen LogP contribution in [0.5, 0.6) is 0 Å². The summed E-state index contributed by atoms with van der Waals surface area (Å²) >= 11 is 0. The molecule has 3 rings (SSSR count). The fourth-order valence-electron chi connectivity index (χ4n) is 5.36. The van der Waals surface area contributed by atoms with Crippen LogP contribution < -0.4 is 5.73 Å². The van der Waals surface area contributed by atoms with Gasteiger partial charge >= 0.3 is 5.97 Å². The van der Waals surface area contributed by atoms with Gasteiger partial charge in [0.25, 0.3) is 0 Å². The average Bonchev–Trinajstić information content (AvgIpc) is 2.77. The van der Waals surface area contributed by atoms with Crippen molar-refractivity contribution in [2.24, 2.45) is 17.8 Å². The van der Waals surface area contributed by atoms with Gasteiger partial charge in [-0.3, -0.25) is 14.5 Å². The number of esters is 1. The third-order valence-corrected chi connectivity index (χ3v) is 7.35. The molecule has 6 nitrogen and oxygen atoms in total. The van der Waals surface area contributed by atoms with Crippen LogP contribution in [0.15, 0.2) is 12.1 Å². The maximum atomic E-state index is 13.0. The molecule has 2 aliphatic rings. The molecule has 1 amide bonds. The molecule has 2 N–H and O–H groups in total. The molecule has 0 unspecified atom stereocenters. The molecular formula is C25H39N3O3. The Balaban J connectivity index is 1.45. The number of ether oxygens (including phenoxy) is 1. The lowest BCUT2D eigenvalue weighted by atomic mass is 9.78. The van der Waals surface area contributed by atoms with E-state index in [0.29, 0.717) is 18.4 Å². The van der Waals surface area contributed by atoms with Crippen LogP contribution in [0.3, 0.4) is 0 Å². The van der Waals surface area contributed by atoms with Crippen molar-refractivity contribution >= 4 is 17.6 Å². The van der Waals surface area contributed by atoms with E-state index in [0.717, 1.165) is 75.1 Å². The highest BCUT2D eigenvalue weighted by atomic mass is 16.5. The summed E-state index contributed by atoms with van der Waals surface area (Å²) in [4.78, 5) is 28.8. The molecule has 0 radical (unpaired) electrons. The molecule has 172 valence electrons. The highest BCUT2D eigenvalue weighted by molar-refractivity contribution is 5.79. The van der Waals surface area contributed by atoms with E-state index in [4.69, 9.17) is 10.5 Å². The first-order chi connectivity index (χ1) is 14.8. The second-order valence-corrected chi connectivity index (χ2v) is 9.60. The van der Waals surface area contributed by atoms with E-state index in [-0.39, 0.29) is 17.8 Å². The summed E-state index contributed by atoms with van der Waals surface area (Å²) in [7, 11) is 1.45. The molecule has 31 heavy (non-hydrogen) atoms. The van der Waals surface area contributed by atoms with Gasteiger partial charge < -0.3 is 15.4 Å². The van der Waals surface area contributed by atoms with Crippen molar-refractivity contribution in [2.75, 3.05) is 45.6 Å². The molecule has 0 aliphatic carbocycles. The number of carbonyl (C=O) groups is 2. The normalized spacial score (nSPS) is 19.9. The molecule has 6 heteroatoms. The summed E-state index contributed by atoms with van der Waals surface area (Å²) in [5.74, 6) is 1.52. The van der Waals surface area contributed by atoms with E-state index in [2.05, 4.69) is 21.9 Å². The first-order valence-corrected chi connectivity index (χ1v) is 11.7. The molecule has 0 bridgehead atoms. The summed E-state index contributed by atoms with van der Waals surface area (Å²) in [6.07, 6.45) is 5.24. The number of rotatable bonds is 6. The number of methoxy groups -OCH3 is 1. The van der Waals surface area contributed by atoms with Crippen LogP contribution >= 0.6 is 0 Å². The monoisotopic (exact) mass is 429 g/mol. The molecule has 1 aromatic rings. The highest BCUT2D eigenvalue weighted by Gasteiger charge is 2.32. The Hall–Kier alpha value is -2.08. The van der Waals surface area contributed by atoms with Crippen molar-refractivity contribution in [2.45, 2.75) is 52.9 Å². The standard InChI is InChI=1S/C25H39N3O3/c1-17-13-20(14-18(2)24(17)26)15-19(3)25(30)28-11-7-22(8-12-28)21-5-9-27(10-6-21)16-23(29)31-4/h13-14,19,21-22H,5-12,15-16,26H2,1-4H3/t19-/m1/s1. The summed E-state index contributed by atoms with van der Waals surface area (Å²) in [5.41, 5.74) is 10.3. The van der Waals surface area contributed by atoms with Gasteiger partial charge in [-0.25, -0.2) is 0 Å². The molecule has 0 aromatic heterocycles. The van der Waals surface area contributed by atoms with Crippen molar-refractivity contribution in [3.63, 3.8) is 0 Å². The molecule has 2 saturated heterocycles. The number of likely N-dealkylation sites (tertiary alicyclic amines) is 2. The van der Waals surface area contributed by atoms with Crippen LogP contribution in [0.25, 0.3) is 0 Å². The number of nitrogen functional groups attached to an aromatic ring is 1. The minimum atomic E-state index is -0.149. The van der Waals surface area contributed by atoms with Crippen molar-refractivity contribution < 1.29 is 14.3 Å². The number of hydrogen-bond donors (Lipinski definition) is 1. The van der Waals surface area contributed by atoms with E-state index in [9.17, 15) is 9.59 Å². The van der Waals surface area contributed by atoms with E-state index < -0.39 is 0 Å². The zero-order valence-corrected chi connectivity index (χ0v) is 19.7. The number of aryl methyl sites for hydroxylation is 2.